The Morgan fingerprint density at radius 1 is 1.28 bits per heavy atom. The van der Waals surface area contributed by atoms with Crippen molar-refractivity contribution in [3.63, 3.8) is 0 Å². The molecule has 1 aromatic carbocycles. The third kappa shape index (κ3) is 2.68. The minimum Gasteiger partial charge on any atom is -0.465 e. The van der Waals surface area contributed by atoms with Crippen molar-refractivity contribution in [3.05, 3.63) is 29.8 Å². The van der Waals surface area contributed by atoms with Gasteiger partial charge in [-0.1, -0.05) is 12.1 Å². The van der Waals surface area contributed by atoms with Crippen molar-refractivity contribution >= 4 is 17.6 Å². The third-order valence-corrected chi connectivity index (χ3v) is 3.29. The average molecular weight is 249 g/mol. The molecule has 1 aromatic rings. The Hall–Kier alpha value is -1.88. The number of nitrogens with one attached hydrogen (secondary N) is 1. The summed E-state index contributed by atoms with van der Waals surface area (Å²) in [5.41, 5.74) is 0.0518. The van der Waals surface area contributed by atoms with Crippen LogP contribution in [-0.2, 0) is 10.4 Å². The van der Waals surface area contributed by atoms with Crippen LogP contribution >= 0.6 is 0 Å². The van der Waals surface area contributed by atoms with Crippen molar-refractivity contribution in [1.82, 2.24) is 0 Å². The third-order valence-electron chi connectivity index (χ3n) is 3.29. The van der Waals surface area contributed by atoms with Crippen molar-refractivity contribution in [2.24, 2.45) is 0 Å². The summed E-state index contributed by atoms with van der Waals surface area (Å²) in [5, 5.41) is 21.4. The molecule has 2 rings (SSSR count). The largest absolute Gasteiger partial charge is 0.465 e. The number of aliphatic hydroxyl groups is 1. The maximum absolute atomic E-state index is 11.2. The minimum absolute atomic E-state index is 0.166. The molecule has 1 saturated carbocycles. The van der Waals surface area contributed by atoms with Crippen LogP contribution < -0.4 is 5.32 Å². The summed E-state index contributed by atoms with van der Waals surface area (Å²) in [5.74, 6) is 0.166. The fourth-order valence-corrected chi connectivity index (χ4v) is 2.24. The Morgan fingerprint density at radius 2 is 1.94 bits per heavy atom. The highest BCUT2D eigenvalue weighted by Gasteiger charge is 2.34. The van der Waals surface area contributed by atoms with Gasteiger partial charge < -0.3 is 10.2 Å². The maximum atomic E-state index is 11.2. The van der Waals surface area contributed by atoms with E-state index in [9.17, 15) is 14.7 Å². The summed E-state index contributed by atoms with van der Waals surface area (Å²) in [6.45, 7) is 0. The minimum atomic E-state index is -1.14. The van der Waals surface area contributed by atoms with Gasteiger partial charge in [-0.15, -0.1) is 0 Å². The lowest BCUT2D eigenvalue weighted by Gasteiger charge is -2.32. The van der Waals surface area contributed by atoms with Crippen LogP contribution in [0.25, 0.3) is 0 Å². The smallest absolute Gasteiger partial charge is 0.409 e. The molecule has 5 heteroatoms. The number of ketones is 1. The van der Waals surface area contributed by atoms with E-state index in [2.05, 4.69) is 5.32 Å². The second-order valence-electron chi connectivity index (χ2n) is 4.58. The lowest BCUT2D eigenvalue weighted by Crippen LogP contribution is -2.31. The summed E-state index contributed by atoms with van der Waals surface area (Å²) < 4.78 is 0. The van der Waals surface area contributed by atoms with E-state index in [1.54, 1.807) is 24.3 Å². The quantitative estimate of drug-likeness (QED) is 0.749. The molecule has 3 N–H and O–H groups in total. The first-order chi connectivity index (χ1) is 8.49. The predicted molar refractivity (Wildman–Crippen MR) is 65.5 cm³/mol. The van der Waals surface area contributed by atoms with E-state index in [0.29, 0.717) is 36.9 Å². The molecule has 1 aliphatic rings. The molecule has 0 saturated heterocycles. The second kappa shape index (κ2) is 4.78. The molecule has 0 bridgehead atoms. The van der Waals surface area contributed by atoms with Crippen LogP contribution in [0.3, 0.4) is 0 Å². The van der Waals surface area contributed by atoms with Crippen LogP contribution in [0.15, 0.2) is 24.3 Å². The van der Waals surface area contributed by atoms with Crippen LogP contribution in [0, 0.1) is 0 Å². The summed E-state index contributed by atoms with van der Waals surface area (Å²) in [7, 11) is 0. The van der Waals surface area contributed by atoms with Gasteiger partial charge in [0.15, 0.2) is 0 Å². The van der Waals surface area contributed by atoms with Crippen LogP contribution in [0.1, 0.15) is 31.2 Å². The monoisotopic (exact) mass is 249 g/mol. The summed E-state index contributed by atoms with van der Waals surface area (Å²) in [6.07, 6.45) is 0.378. The van der Waals surface area contributed by atoms with Crippen LogP contribution in [0.4, 0.5) is 10.5 Å². The highest BCUT2D eigenvalue weighted by molar-refractivity contribution is 5.83. The average Bonchev–Trinajstić information content (AvgIpc) is 2.33. The van der Waals surface area contributed by atoms with Gasteiger partial charge in [0.05, 0.1) is 5.60 Å². The summed E-state index contributed by atoms with van der Waals surface area (Å²) in [6, 6.07) is 6.68. The van der Waals surface area contributed by atoms with Crippen molar-refractivity contribution in [1.29, 1.82) is 0 Å². The van der Waals surface area contributed by atoms with Gasteiger partial charge in [-0.05, 0) is 30.5 Å². The molecule has 0 atom stereocenters. The molecular weight excluding hydrogens is 234 g/mol. The highest BCUT2D eigenvalue weighted by atomic mass is 16.4. The van der Waals surface area contributed by atoms with Crippen molar-refractivity contribution in [2.75, 3.05) is 5.32 Å². The van der Waals surface area contributed by atoms with Gasteiger partial charge in [0.25, 0.3) is 0 Å². The SMILES string of the molecule is O=C1CCC(O)(c2cccc(NC(=O)O)c2)CC1. The predicted octanol–water partition coefficient (Wildman–Crippen LogP) is 2.11. The molecule has 0 spiro atoms. The van der Waals surface area contributed by atoms with E-state index in [4.69, 9.17) is 5.11 Å². The van der Waals surface area contributed by atoms with Gasteiger partial charge in [-0.3, -0.25) is 10.1 Å². The number of carbonyl (C=O) groups excluding carboxylic acids is 1. The standard InChI is InChI=1S/C13H15NO4/c15-11-4-6-13(18,7-5-11)9-2-1-3-10(8-9)14-12(16)17/h1-3,8,14,18H,4-7H2,(H,16,17). The summed E-state index contributed by atoms with van der Waals surface area (Å²) in [4.78, 5) is 21.8. The fraction of sp³-hybridized carbons (Fsp3) is 0.385. The summed E-state index contributed by atoms with van der Waals surface area (Å²) >= 11 is 0. The first kappa shape index (κ1) is 12.6. The number of benzene rings is 1. The second-order valence-corrected chi connectivity index (χ2v) is 4.58. The fourth-order valence-electron chi connectivity index (χ4n) is 2.24. The Bertz CT molecular complexity index is 474. The lowest BCUT2D eigenvalue weighted by atomic mass is 9.79. The Balaban J connectivity index is 2.22. The zero-order valence-corrected chi connectivity index (χ0v) is 9.85. The van der Waals surface area contributed by atoms with E-state index in [0.717, 1.165) is 0 Å². The Labute approximate surface area is 104 Å². The molecule has 5 nitrogen and oxygen atoms in total. The van der Waals surface area contributed by atoms with Gasteiger partial charge in [-0.25, -0.2) is 4.79 Å². The van der Waals surface area contributed by atoms with E-state index in [1.165, 1.54) is 0 Å². The molecule has 18 heavy (non-hydrogen) atoms. The zero-order valence-electron chi connectivity index (χ0n) is 9.85. The van der Waals surface area contributed by atoms with Gasteiger partial charge in [0.1, 0.15) is 5.78 Å². The van der Waals surface area contributed by atoms with Crippen LogP contribution in [0.5, 0.6) is 0 Å². The molecule has 0 radical (unpaired) electrons. The Morgan fingerprint density at radius 3 is 2.56 bits per heavy atom. The molecular formula is C13H15NO4. The van der Waals surface area contributed by atoms with E-state index in [1.807, 2.05) is 0 Å². The number of rotatable bonds is 2. The van der Waals surface area contributed by atoms with Crippen molar-refractivity contribution in [3.8, 4) is 0 Å². The van der Waals surface area contributed by atoms with E-state index < -0.39 is 11.7 Å². The molecule has 1 aliphatic carbocycles. The van der Waals surface area contributed by atoms with Crippen LogP contribution in [0.2, 0.25) is 0 Å². The van der Waals surface area contributed by atoms with Gasteiger partial charge in [-0.2, -0.15) is 0 Å². The molecule has 0 aliphatic heterocycles. The van der Waals surface area contributed by atoms with Crippen molar-refractivity contribution in [2.45, 2.75) is 31.3 Å². The normalized spacial score (nSPS) is 18.4. The lowest BCUT2D eigenvalue weighted by molar-refractivity contribution is -0.125. The topological polar surface area (TPSA) is 86.6 Å². The number of Topliss-reactive ketones (excluding diaryl/α,β-unsaturated/α-hetero) is 1. The van der Waals surface area contributed by atoms with E-state index >= 15 is 0 Å². The van der Waals surface area contributed by atoms with Crippen molar-refractivity contribution < 1.29 is 19.8 Å². The zero-order chi connectivity index (χ0) is 13.2. The number of amides is 1. The number of hydrogen-bond acceptors (Lipinski definition) is 3. The number of hydrogen-bond donors (Lipinski definition) is 3. The highest BCUT2D eigenvalue weighted by Crippen LogP contribution is 2.36. The molecule has 0 heterocycles. The first-order valence-corrected chi connectivity index (χ1v) is 5.84. The first-order valence-electron chi connectivity index (χ1n) is 5.84. The molecule has 1 amide bonds. The molecule has 0 unspecified atom stereocenters. The Kier molecular flexibility index (Phi) is 3.34. The van der Waals surface area contributed by atoms with E-state index in [-0.39, 0.29) is 5.78 Å². The molecule has 0 aromatic heterocycles. The number of carboxylic acid groups (broad SMARTS) is 1. The van der Waals surface area contributed by atoms with Crippen LogP contribution in [-0.4, -0.2) is 22.1 Å². The number of anilines is 1. The van der Waals surface area contributed by atoms with Gasteiger partial charge in [0, 0.05) is 18.5 Å². The maximum Gasteiger partial charge on any atom is 0.409 e. The number of carbonyl (C=O) groups is 2. The molecule has 1 fully saturated rings. The van der Waals surface area contributed by atoms with Gasteiger partial charge >= 0.3 is 6.09 Å². The van der Waals surface area contributed by atoms with Gasteiger partial charge in [0.2, 0.25) is 0 Å². The molecule has 96 valence electrons.